The first kappa shape index (κ1) is 17.5. The molecule has 1 amide bonds. The lowest BCUT2D eigenvalue weighted by Gasteiger charge is -2.10. The number of hydrogen-bond donors (Lipinski definition) is 2. The Morgan fingerprint density at radius 3 is 2.74 bits per heavy atom. The van der Waals surface area contributed by atoms with Gasteiger partial charge in [-0.05, 0) is 65.0 Å². The number of anilines is 2. The van der Waals surface area contributed by atoms with Gasteiger partial charge in [-0.3, -0.25) is 9.78 Å². The molecule has 0 unspecified atom stereocenters. The van der Waals surface area contributed by atoms with Gasteiger partial charge in [0.1, 0.15) is 5.69 Å². The van der Waals surface area contributed by atoms with Crippen molar-refractivity contribution in [2.45, 2.75) is 27.2 Å². The maximum absolute atomic E-state index is 12.4. The van der Waals surface area contributed by atoms with Crippen molar-refractivity contribution in [3.8, 4) is 0 Å². The summed E-state index contributed by atoms with van der Waals surface area (Å²) < 4.78 is 0.858. The van der Waals surface area contributed by atoms with Crippen molar-refractivity contribution in [2.24, 2.45) is 5.92 Å². The van der Waals surface area contributed by atoms with Crippen molar-refractivity contribution < 1.29 is 4.79 Å². The Morgan fingerprint density at radius 2 is 2.04 bits per heavy atom. The van der Waals surface area contributed by atoms with Crippen molar-refractivity contribution >= 4 is 33.2 Å². The molecule has 5 heteroatoms. The van der Waals surface area contributed by atoms with Crippen molar-refractivity contribution in [2.75, 3.05) is 17.2 Å². The average molecular weight is 376 g/mol. The molecule has 0 bridgehead atoms. The molecule has 122 valence electrons. The van der Waals surface area contributed by atoms with Crippen LogP contribution in [0.1, 0.15) is 36.3 Å². The van der Waals surface area contributed by atoms with Gasteiger partial charge in [-0.25, -0.2) is 0 Å². The summed E-state index contributed by atoms with van der Waals surface area (Å²) in [5.41, 5.74) is 3.17. The summed E-state index contributed by atoms with van der Waals surface area (Å²) in [5, 5.41) is 6.20. The van der Waals surface area contributed by atoms with Gasteiger partial charge in [0.25, 0.3) is 5.91 Å². The van der Waals surface area contributed by atoms with Gasteiger partial charge in [-0.15, -0.1) is 0 Å². The third-order valence-electron chi connectivity index (χ3n) is 3.42. The normalized spacial score (nSPS) is 10.7. The van der Waals surface area contributed by atoms with Crippen LogP contribution in [0.25, 0.3) is 0 Å². The highest BCUT2D eigenvalue weighted by molar-refractivity contribution is 9.10. The minimum Gasteiger partial charge on any atom is -0.385 e. The summed E-state index contributed by atoms with van der Waals surface area (Å²) >= 11 is 3.46. The first-order valence-corrected chi connectivity index (χ1v) is 8.52. The van der Waals surface area contributed by atoms with Gasteiger partial charge in [0.2, 0.25) is 0 Å². The largest absolute Gasteiger partial charge is 0.385 e. The van der Waals surface area contributed by atoms with E-state index in [0.717, 1.165) is 34.4 Å². The zero-order valence-electron chi connectivity index (χ0n) is 13.7. The van der Waals surface area contributed by atoms with Crippen LogP contribution in [0.15, 0.2) is 41.0 Å². The van der Waals surface area contributed by atoms with Crippen LogP contribution in [0.2, 0.25) is 0 Å². The number of benzene rings is 1. The molecule has 0 saturated heterocycles. The molecule has 2 aromatic rings. The van der Waals surface area contributed by atoms with E-state index in [1.807, 2.05) is 31.2 Å². The molecule has 0 aliphatic heterocycles. The van der Waals surface area contributed by atoms with Crippen molar-refractivity contribution in [1.82, 2.24) is 4.98 Å². The van der Waals surface area contributed by atoms with Gasteiger partial charge >= 0.3 is 0 Å². The molecule has 0 aliphatic rings. The molecule has 0 radical (unpaired) electrons. The molecule has 2 N–H and O–H groups in total. The van der Waals surface area contributed by atoms with Crippen LogP contribution >= 0.6 is 15.9 Å². The SMILES string of the molecule is Cc1ccc(NC(=O)c2cc(NCCC(C)C)ccn2)c(Br)c1. The van der Waals surface area contributed by atoms with E-state index in [4.69, 9.17) is 0 Å². The van der Waals surface area contributed by atoms with E-state index < -0.39 is 0 Å². The number of halogens is 1. The second kappa shape index (κ2) is 8.11. The number of hydrogen-bond acceptors (Lipinski definition) is 3. The molecule has 1 heterocycles. The van der Waals surface area contributed by atoms with Crippen molar-refractivity contribution in [3.63, 3.8) is 0 Å². The number of pyridine rings is 1. The van der Waals surface area contributed by atoms with Crippen molar-refractivity contribution in [3.05, 3.63) is 52.3 Å². The molecule has 2 rings (SSSR count). The van der Waals surface area contributed by atoms with Crippen LogP contribution in [-0.2, 0) is 0 Å². The fourth-order valence-corrected chi connectivity index (χ4v) is 2.67. The topological polar surface area (TPSA) is 54.0 Å². The van der Waals surface area contributed by atoms with Crippen LogP contribution < -0.4 is 10.6 Å². The Kier molecular flexibility index (Phi) is 6.16. The summed E-state index contributed by atoms with van der Waals surface area (Å²) in [4.78, 5) is 16.5. The van der Waals surface area contributed by atoms with Crippen LogP contribution in [0.4, 0.5) is 11.4 Å². The molecule has 0 fully saturated rings. The van der Waals surface area contributed by atoms with Crippen LogP contribution in [0, 0.1) is 12.8 Å². The Balaban J connectivity index is 2.04. The number of aryl methyl sites for hydroxylation is 1. The molecule has 0 spiro atoms. The molecule has 0 aliphatic carbocycles. The van der Waals surface area contributed by atoms with E-state index in [0.29, 0.717) is 11.6 Å². The fourth-order valence-electron chi connectivity index (χ4n) is 2.08. The molecule has 1 aromatic carbocycles. The third-order valence-corrected chi connectivity index (χ3v) is 4.07. The number of nitrogens with one attached hydrogen (secondary N) is 2. The lowest BCUT2D eigenvalue weighted by molar-refractivity contribution is 0.102. The Labute approximate surface area is 145 Å². The first-order valence-electron chi connectivity index (χ1n) is 7.73. The summed E-state index contributed by atoms with van der Waals surface area (Å²) in [6, 6.07) is 9.45. The Morgan fingerprint density at radius 1 is 1.26 bits per heavy atom. The molecule has 4 nitrogen and oxygen atoms in total. The van der Waals surface area contributed by atoms with E-state index in [1.165, 1.54) is 0 Å². The van der Waals surface area contributed by atoms with Gasteiger partial charge in [0.15, 0.2) is 0 Å². The second-order valence-electron chi connectivity index (χ2n) is 5.98. The van der Waals surface area contributed by atoms with Gasteiger partial charge in [0, 0.05) is 22.9 Å². The van der Waals surface area contributed by atoms with Crippen LogP contribution in [-0.4, -0.2) is 17.4 Å². The van der Waals surface area contributed by atoms with E-state index in [1.54, 1.807) is 12.3 Å². The van der Waals surface area contributed by atoms with Crippen LogP contribution in [0.3, 0.4) is 0 Å². The first-order chi connectivity index (χ1) is 11.0. The molecule has 0 atom stereocenters. The number of carbonyl (C=O) groups is 1. The predicted octanol–water partition coefficient (Wildman–Crippen LogP) is 4.86. The summed E-state index contributed by atoms with van der Waals surface area (Å²) in [5.74, 6) is 0.424. The summed E-state index contributed by atoms with van der Waals surface area (Å²) in [6.07, 6.45) is 2.73. The Hall–Kier alpha value is -1.88. The number of aromatic nitrogens is 1. The minimum atomic E-state index is -0.220. The quantitative estimate of drug-likeness (QED) is 0.757. The van der Waals surface area contributed by atoms with E-state index in [2.05, 4.69) is 45.4 Å². The number of nitrogens with zero attached hydrogens (tertiary/aromatic N) is 1. The van der Waals surface area contributed by atoms with E-state index in [-0.39, 0.29) is 5.91 Å². The highest BCUT2D eigenvalue weighted by atomic mass is 79.9. The average Bonchev–Trinajstić information content (AvgIpc) is 2.50. The third kappa shape index (κ3) is 5.36. The van der Waals surface area contributed by atoms with E-state index >= 15 is 0 Å². The van der Waals surface area contributed by atoms with Gasteiger partial charge < -0.3 is 10.6 Å². The number of rotatable bonds is 6. The zero-order valence-corrected chi connectivity index (χ0v) is 15.3. The molecular weight excluding hydrogens is 354 g/mol. The molecule has 23 heavy (non-hydrogen) atoms. The summed E-state index contributed by atoms with van der Waals surface area (Å²) in [6.45, 7) is 7.26. The number of carbonyl (C=O) groups excluding carboxylic acids is 1. The fraction of sp³-hybridized carbons (Fsp3) is 0.333. The van der Waals surface area contributed by atoms with Gasteiger partial charge in [-0.2, -0.15) is 0 Å². The van der Waals surface area contributed by atoms with Gasteiger partial charge in [0.05, 0.1) is 5.69 Å². The maximum atomic E-state index is 12.4. The highest BCUT2D eigenvalue weighted by Crippen LogP contribution is 2.24. The van der Waals surface area contributed by atoms with Gasteiger partial charge in [-0.1, -0.05) is 19.9 Å². The van der Waals surface area contributed by atoms with E-state index in [9.17, 15) is 4.79 Å². The predicted molar refractivity (Wildman–Crippen MR) is 99.0 cm³/mol. The maximum Gasteiger partial charge on any atom is 0.274 e. The smallest absolute Gasteiger partial charge is 0.274 e. The highest BCUT2D eigenvalue weighted by Gasteiger charge is 2.10. The molecule has 1 aromatic heterocycles. The van der Waals surface area contributed by atoms with Crippen molar-refractivity contribution in [1.29, 1.82) is 0 Å². The number of amides is 1. The lowest BCUT2D eigenvalue weighted by atomic mass is 10.1. The lowest BCUT2D eigenvalue weighted by Crippen LogP contribution is -2.14. The Bertz CT molecular complexity index is 686. The molecule has 0 saturated carbocycles. The summed E-state index contributed by atoms with van der Waals surface area (Å²) in [7, 11) is 0. The zero-order chi connectivity index (χ0) is 16.8. The minimum absolute atomic E-state index is 0.220. The second-order valence-corrected chi connectivity index (χ2v) is 6.83. The standard InChI is InChI=1S/C18H22BrN3O/c1-12(2)6-8-20-14-7-9-21-17(11-14)18(23)22-16-5-4-13(3)10-15(16)19/h4-5,7,9-12H,6,8H2,1-3H3,(H,20,21)(H,22,23). The monoisotopic (exact) mass is 375 g/mol. The molecular formula is C18H22BrN3O. The van der Waals surface area contributed by atoms with Crippen LogP contribution in [0.5, 0.6) is 0 Å².